The van der Waals surface area contributed by atoms with Crippen LogP contribution in [-0.4, -0.2) is 19.6 Å². The fourth-order valence-electron chi connectivity index (χ4n) is 2.12. The lowest BCUT2D eigenvalue weighted by molar-refractivity contribution is 0.613. The van der Waals surface area contributed by atoms with E-state index in [2.05, 4.69) is 12.2 Å². The van der Waals surface area contributed by atoms with Crippen molar-refractivity contribution in [2.45, 2.75) is 38.8 Å². The Balaban J connectivity index is 2.13. The summed E-state index contributed by atoms with van der Waals surface area (Å²) in [5.74, 6) is -0.115. The molecule has 0 heterocycles. The first-order valence-corrected chi connectivity index (χ1v) is 6.44. The average molecular weight is 236 g/mol. The van der Waals surface area contributed by atoms with Crippen LogP contribution in [0.4, 0.5) is 10.1 Å². The van der Waals surface area contributed by atoms with Crippen molar-refractivity contribution in [3.8, 4) is 0 Å². The molecule has 0 spiro atoms. The number of anilines is 1. The lowest BCUT2D eigenvalue weighted by atomic mass is 10.1. The summed E-state index contributed by atoms with van der Waals surface area (Å²) < 4.78 is 13.9. The Morgan fingerprint density at radius 3 is 2.82 bits per heavy atom. The summed E-state index contributed by atoms with van der Waals surface area (Å²) in [4.78, 5) is 2.01. The van der Waals surface area contributed by atoms with E-state index in [0.29, 0.717) is 6.04 Å². The van der Waals surface area contributed by atoms with Gasteiger partial charge in [0.2, 0.25) is 0 Å². The Kier molecular flexibility index (Phi) is 4.00. The molecule has 0 atom stereocenters. The molecule has 0 aromatic heterocycles. The van der Waals surface area contributed by atoms with E-state index < -0.39 is 0 Å². The Bertz CT molecular complexity index is 374. The standard InChI is InChI=1S/C14H21FN2/c1-3-9-17(2)14-11(5-4-6-13(14)15)10-16-12-7-8-12/h4-6,12,16H,3,7-10H2,1-2H3. The van der Waals surface area contributed by atoms with Crippen molar-refractivity contribution in [3.63, 3.8) is 0 Å². The van der Waals surface area contributed by atoms with Crippen LogP contribution in [0, 0.1) is 5.82 Å². The molecule has 1 N–H and O–H groups in total. The summed E-state index contributed by atoms with van der Waals surface area (Å²) in [6, 6.07) is 6.01. The van der Waals surface area contributed by atoms with Crippen LogP contribution in [0.3, 0.4) is 0 Å². The molecule has 94 valence electrons. The van der Waals surface area contributed by atoms with Crippen molar-refractivity contribution in [1.82, 2.24) is 5.32 Å². The van der Waals surface area contributed by atoms with Gasteiger partial charge in [0.1, 0.15) is 5.82 Å². The minimum absolute atomic E-state index is 0.115. The number of nitrogens with zero attached hydrogens (tertiary/aromatic N) is 1. The zero-order valence-corrected chi connectivity index (χ0v) is 10.7. The fraction of sp³-hybridized carbons (Fsp3) is 0.571. The molecule has 1 aliphatic rings. The molecule has 1 aromatic rings. The monoisotopic (exact) mass is 236 g/mol. The molecule has 3 heteroatoms. The SMILES string of the molecule is CCCN(C)c1c(F)cccc1CNC1CC1. The summed E-state index contributed by atoms with van der Waals surface area (Å²) >= 11 is 0. The molecule has 0 saturated heterocycles. The van der Waals surface area contributed by atoms with E-state index in [1.165, 1.54) is 12.8 Å². The number of hydrogen-bond donors (Lipinski definition) is 1. The van der Waals surface area contributed by atoms with Gasteiger partial charge in [-0.3, -0.25) is 0 Å². The van der Waals surface area contributed by atoms with Crippen LogP contribution in [-0.2, 0) is 6.54 Å². The normalized spacial score (nSPS) is 15.0. The number of hydrogen-bond acceptors (Lipinski definition) is 2. The van der Waals surface area contributed by atoms with Gasteiger partial charge in [-0.1, -0.05) is 19.1 Å². The van der Waals surface area contributed by atoms with Gasteiger partial charge in [-0.2, -0.15) is 0 Å². The van der Waals surface area contributed by atoms with Gasteiger partial charge in [-0.15, -0.1) is 0 Å². The van der Waals surface area contributed by atoms with Crippen molar-refractivity contribution in [2.75, 3.05) is 18.5 Å². The third kappa shape index (κ3) is 3.19. The van der Waals surface area contributed by atoms with Crippen LogP contribution >= 0.6 is 0 Å². The van der Waals surface area contributed by atoms with E-state index in [-0.39, 0.29) is 5.82 Å². The number of para-hydroxylation sites is 1. The highest BCUT2D eigenvalue weighted by molar-refractivity contribution is 5.54. The molecule has 0 radical (unpaired) electrons. The highest BCUT2D eigenvalue weighted by atomic mass is 19.1. The van der Waals surface area contributed by atoms with Gasteiger partial charge in [-0.25, -0.2) is 4.39 Å². The lowest BCUT2D eigenvalue weighted by Crippen LogP contribution is -2.23. The number of rotatable bonds is 6. The Morgan fingerprint density at radius 2 is 2.18 bits per heavy atom. The van der Waals surface area contributed by atoms with E-state index in [9.17, 15) is 4.39 Å². The summed E-state index contributed by atoms with van der Waals surface area (Å²) in [6.07, 6.45) is 3.55. The second-order valence-electron chi connectivity index (χ2n) is 4.82. The van der Waals surface area contributed by atoms with Crippen molar-refractivity contribution in [2.24, 2.45) is 0 Å². The first-order valence-electron chi connectivity index (χ1n) is 6.44. The van der Waals surface area contributed by atoms with Gasteiger partial charge < -0.3 is 10.2 Å². The van der Waals surface area contributed by atoms with Crippen LogP contribution in [0.1, 0.15) is 31.7 Å². The summed E-state index contributed by atoms with van der Waals surface area (Å²) in [5.41, 5.74) is 1.82. The molecular weight excluding hydrogens is 215 g/mol. The first kappa shape index (κ1) is 12.4. The Morgan fingerprint density at radius 1 is 1.41 bits per heavy atom. The van der Waals surface area contributed by atoms with Crippen LogP contribution in [0.5, 0.6) is 0 Å². The van der Waals surface area contributed by atoms with Gasteiger partial charge in [0.05, 0.1) is 5.69 Å². The number of halogens is 1. The topological polar surface area (TPSA) is 15.3 Å². The van der Waals surface area contributed by atoms with Crippen molar-refractivity contribution in [3.05, 3.63) is 29.6 Å². The molecule has 1 aromatic carbocycles. The Hall–Kier alpha value is -1.09. The average Bonchev–Trinajstić information content (AvgIpc) is 3.10. The van der Waals surface area contributed by atoms with Crippen LogP contribution in [0.15, 0.2) is 18.2 Å². The molecule has 2 rings (SSSR count). The summed E-state index contributed by atoms with van der Waals surface area (Å²) in [7, 11) is 1.96. The molecule has 1 fully saturated rings. The number of nitrogens with one attached hydrogen (secondary N) is 1. The quantitative estimate of drug-likeness (QED) is 0.817. The minimum atomic E-state index is -0.115. The second-order valence-corrected chi connectivity index (χ2v) is 4.82. The molecule has 0 unspecified atom stereocenters. The van der Waals surface area contributed by atoms with Crippen LogP contribution < -0.4 is 10.2 Å². The molecule has 17 heavy (non-hydrogen) atoms. The predicted molar refractivity (Wildman–Crippen MR) is 69.8 cm³/mol. The molecule has 0 bridgehead atoms. The van der Waals surface area contributed by atoms with E-state index in [1.807, 2.05) is 18.0 Å². The highest BCUT2D eigenvalue weighted by Gasteiger charge is 2.21. The summed E-state index contributed by atoms with van der Waals surface area (Å²) in [5, 5.41) is 3.44. The van der Waals surface area contributed by atoms with Crippen molar-refractivity contribution in [1.29, 1.82) is 0 Å². The fourth-order valence-corrected chi connectivity index (χ4v) is 2.12. The van der Waals surface area contributed by atoms with Gasteiger partial charge in [0.25, 0.3) is 0 Å². The van der Waals surface area contributed by atoms with Gasteiger partial charge in [-0.05, 0) is 30.9 Å². The summed E-state index contributed by atoms with van der Waals surface area (Å²) in [6.45, 7) is 3.77. The maximum Gasteiger partial charge on any atom is 0.146 e. The largest absolute Gasteiger partial charge is 0.372 e. The Labute approximate surface area is 103 Å². The van der Waals surface area contributed by atoms with Crippen molar-refractivity contribution >= 4 is 5.69 Å². The van der Waals surface area contributed by atoms with Crippen LogP contribution in [0.2, 0.25) is 0 Å². The predicted octanol–water partition coefficient (Wildman–Crippen LogP) is 2.92. The van der Waals surface area contributed by atoms with Gasteiger partial charge >= 0.3 is 0 Å². The smallest absolute Gasteiger partial charge is 0.146 e. The third-order valence-electron chi connectivity index (χ3n) is 3.17. The maximum absolute atomic E-state index is 13.9. The zero-order chi connectivity index (χ0) is 12.3. The minimum Gasteiger partial charge on any atom is -0.372 e. The van der Waals surface area contributed by atoms with E-state index in [4.69, 9.17) is 0 Å². The van der Waals surface area contributed by atoms with Gasteiger partial charge in [0.15, 0.2) is 0 Å². The zero-order valence-electron chi connectivity index (χ0n) is 10.7. The third-order valence-corrected chi connectivity index (χ3v) is 3.17. The first-order chi connectivity index (χ1) is 8.22. The molecule has 2 nitrogen and oxygen atoms in total. The van der Waals surface area contributed by atoms with E-state index in [1.54, 1.807) is 12.1 Å². The molecular formula is C14H21FN2. The molecule has 0 amide bonds. The van der Waals surface area contributed by atoms with E-state index in [0.717, 1.165) is 30.8 Å². The lowest BCUT2D eigenvalue weighted by Gasteiger charge is -2.22. The van der Waals surface area contributed by atoms with Gasteiger partial charge in [0, 0.05) is 26.2 Å². The maximum atomic E-state index is 13.9. The van der Waals surface area contributed by atoms with E-state index >= 15 is 0 Å². The van der Waals surface area contributed by atoms with Crippen molar-refractivity contribution < 1.29 is 4.39 Å². The molecule has 0 aliphatic heterocycles. The second kappa shape index (κ2) is 5.50. The molecule has 1 saturated carbocycles. The molecule has 1 aliphatic carbocycles. The highest BCUT2D eigenvalue weighted by Crippen LogP contribution is 2.25. The number of benzene rings is 1. The van der Waals surface area contributed by atoms with Crippen LogP contribution in [0.25, 0.3) is 0 Å².